The normalized spacial score (nSPS) is 10.2. The van der Waals surface area contributed by atoms with Crippen molar-refractivity contribution in [2.24, 2.45) is 0 Å². The van der Waals surface area contributed by atoms with E-state index in [1.54, 1.807) is 4.80 Å². The number of tetrazole rings is 1. The first kappa shape index (κ1) is 9.58. The molecule has 0 saturated carbocycles. The third-order valence-corrected chi connectivity index (χ3v) is 2.09. The molecule has 0 aliphatic rings. The molecule has 4 nitrogen and oxygen atoms in total. The van der Waals surface area contributed by atoms with Crippen LogP contribution in [-0.4, -0.2) is 20.2 Å². The zero-order chi connectivity index (χ0) is 10.7. The van der Waals surface area contributed by atoms with E-state index in [1.165, 1.54) is 0 Å². The van der Waals surface area contributed by atoms with Crippen molar-refractivity contribution >= 4 is 6.08 Å². The van der Waals surface area contributed by atoms with Gasteiger partial charge in [0.1, 0.15) is 0 Å². The van der Waals surface area contributed by atoms with E-state index in [9.17, 15) is 0 Å². The molecule has 0 bridgehead atoms. The summed E-state index contributed by atoms with van der Waals surface area (Å²) in [5, 5.41) is 11.8. The smallest absolute Gasteiger partial charge is 0.160 e. The standard InChI is InChI=1S/C11H12N4/c1-3-10-4-6-11(7-5-10)8-15-13-9(2)12-14-15/h3-7H,1,8H2,2H3. The van der Waals surface area contributed by atoms with E-state index in [-0.39, 0.29) is 0 Å². The van der Waals surface area contributed by atoms with Gasteiger partial charge in [-0.05, 0) is 23.3 Å². The summed E-state index contributed by atoms with van der Waals surface area (Å²) in [5.41, 5.74) is 2.26. The number of nitrogens with zero attached hydrogens (tertiary/aromatic N) is 4. The fourth-order valence-electron chi connectivity index (χ4n) is 1.31. The summed E-state index contributed by atoms with van der Waals surface area (Å²) in [4.78, 5) is 1.58. The summed E-state index contributed by atoms with van der Waals surface area (Å²) in [6.45, 7) is 6.18. The minimum atomic E-state index is 0.651. The van der Waals surface area contributed by atoms with E-state index >= 15 is 0 Å². The molecular weight excluding hydrogens is 188 g/mol. The second-order valence-corrected chi connectivity index (χ2v) is 3.31. The average molecular weight is 200 g/mol. The molecule has 0 atom stereocenters. The lowest BCUT2D eigenvalue weighted by atomic mass is 10.1. The molecule has 2 rings (SSSR count). The maximum absolute atomic E-state index is 4.12. The van der Waals surface area contributed by atoms with Gasteiger partial charge >= 0.3 is 0 Å². The lowest BCUT2D eigenvalue weighted by Gasteiger charge is -1.99. The van der Waals surface area contributed by atoms with Crippen molar-refractivity contribution in [1.82, 2.24) is 20.2 Å². The van der Waals surface area contributed by atoms with E-state index in [0.29, 0.717) is 12.4 Å². The SMILES string of the molecule is C=Cc1ccc(Cn2nnc(C)n2)cc1. The Morgan fingerprint density at radius 3 is 2.60 bits per heavy atom. The Morgan fingerprint density at radius 2 is 2.07 bits per heavy atom. The first-order valence-corrected chi connectivity index (χ1v) is 4.74. The molecule has 1 aromatic heterocycles. The lowest BCUT2D eigenvalue weighted by molar-refractivity contribution is 0.571. The van der Waals surface area contributed by atoms with Gasteiger partial charge in [0, 0.05) is 0 Å². The van der Waals surface area contributed by atoms with Gasteiger partial charge in [-0.25, -0.2) is 0 Å². The highest BCUT2D eigenvalue weighted by Crippen LogP contribution is 2.06. The Morgan fingerprint density at radius 1 is 1.33 bits per heavy atom. The molecule has 4 heteroatoms. The Hall–Kier alpha value is -1.97. The first-order valence-electron chi connectivity index (χ1n) is 4.74. The van der Waals surface area contributed by atoms with Gasteiger partial charge in [0.25, 0.3) is 0 Å². The van der Waals surface area contributed by atoms with Gasteiger partial charge in [-0.15, -0.1) is 10.2 Å². The topological polar surface area (TPSA) is 43.6 Å². The molecule has 2 aromatic rings. The van der Waals surface area contributed by atoms with Crippen molar-refractivity contribution in [2.75, 3.05) is 0 Å². The predicted octanol–water partition coefficient (Wildman–Crippen LogP) is 1.67. The predicted molar refractivity (Wildman–Crippen MR) is 58.2 cm³/mol. The number of benzene rings is 1. The molecule has 1 aromatic carbocycles. The van der Waals surface area contributed by atoms with Crippen molar-refractivity contribution in [2.45, 2.75) is 13.5 Å². The molecule has 0 N–H and O–H groups in total. The van der Waals surface area contributed by atoms with E-state index in [0.717, 1.165) is 11.1 Å². The summed E-state index contributed by atoms with van der Waals surface area (Å²) in [5.74, 6) is 0.692. The monoisotopic (exact) mass is 200 g/mol. The van der Waals surface area contributed by atoms with Crippen LogP contribution >= 0.6 is 0 Å². The van der Waals surface area contributed by atoms with Crippen molar-refractivity contribution < 1.29 is 0 Å². The van der Waals surface area contributed by atoms with Crippen LogP contribution in [0.4, 0.5) is 0 Å². The van der Waals surface area contributed by atoms with Gasteiger partial charge in [0.05, 0.1) is 6.54 Å². The van der Waals surface area contributed by atoms with Crippen LogP contribution in [0.5, 0.6) is 0 Å². The number of rotatable bonds is 3. The highest BCUT2D eigenvalue weighted by atomic mass is 15.6. The van der Waals surface area contributed by atoms with Gasteiger partial charge in [0.15, 0.2) is 5.82 Å². The average Bonchev–Trinajstić information content (AvgIpc) is 2.65. The van der Waals surface area contributed by atoms with E-state index in [1.807, 2.05) is 37.3 Å². The quantitative estimate of drug-likeness (QED) is 0.757. The van der Waals surface area contributed by atoms with Crippen LogP contribution in [0.25, 0.3) is 6.08 Å². The second-order valence-electron chi connectivity index (χ2n) is 3.31. The number of hydrogen-bond donors (Lipinski definition) is 0. The molecule has 0 fully saturated rings. The molecule has 0 saturated heterocycles. The van der Waals surface area contributed by atoms with Gasteiger partial charge in [0.2, 0.25) is 0 Å². The van der Waals surface area contributed by atoms with E-state index in [4.69, 9.17) is 0 Å². The van der Waals surface area contributed by atoms with Crippen molar-refractivity contribution in [1.29, 1.82) is 0 Å². The molecular formula is C11H12N4. The Labute approximate surface area is 88.2 Å². The molecule has 0 unspecified atom stereocenters. The fourth-order valence-corrected chi connectivity index (χ4v) is 1.31. The van der Waals surface area contributed by atoms with Crippen molar-refractivity contribution in [3.63, 3.8) is 0 Å². The van der Waals surface area contributed by atoms with Crippen molar-refractivity contribution in [3.8, 4) is 0 Å². The van der Waals surface area contributed by atoms with Crippen LogP contribution in [0, 0.1) is 6.92 Å². The molecule has 0 amide bonds. The van der Waals surface area contributed by atoms with E-state index < -0.39 is 0 Å². The maximum atomic E-state index is 4.12. The van der Waals surface area contributed by atoms with E-state index in [2.05, 4.69) is 22.0 Å². The van der Waals surface area contributed by atoms with Crippen molar-refractivity contribution in [3.05, 3.63) is 47.8 Å². The highest BCUT2D eigenvalue weighted by Gasteiger charge is 1.98. The highest BCUT2D eigenvalue weighted by molar-refractivity contribution is 5.47. The summed E-state index contributed by atoms with van der Waals surface area (Å²) < 4.78 is 0. The summed E-state index contributed by atoms with van der Waals surface area (Å²) >= 11 is 0. The molecule has 0 radical (unpaired) electrons. The van der Waals surface area contributed by atoms with Crippen LogP contribution in [-0.2, 0) is 6.54 Å². The number of hydrogen-bond acceptors (Lipinski definition) is 3. The Bertz CT molecular complexity index is 456. The Balaban J connectivity index is 2.14. The number of aromatic nitrogens is 4. The minimum Gasteiger partial charge on any atom is -0.160 e. The maximum Gasteiger partial charge on any atom is 0.171 e. The minimum absolute atomic E-state index is 0.651. The van der Waals surface area contributed by atoms with Crippen LogP contribution < -0.4 is 0 Å². The number of aryl methyl sites for hydroxylation is 1. The third-order valence-electron chi connectivity index (χ3n) is 2.09. The van der Waals surface area contributed by atoms with Crippen LogP contribution in [0.1, 0.15) is 17.0 Å². The van der Waals surface area contributed by atoms with Crippen LogP contribution in [0.15, 0.2) is 30.8 Å². The zero-order valence-corrected chi connectivity index (χ0v) is 8.59. The second kappa shape index (κ2) is 4.04. The van der Waals surface area contributed by atoms with Crippen LogP contribution in [0.2, 0.25) is 0 Å². The summed E-state index contributed by atoms with van der Waals surface area (Å²) in [6, 6.07) is 8.11. The van der Waals surface area contributed by atoms with Gasteiger partial charge < -0.3 is 0 Å². The fraction of sp³-hybridized carbons (Fsp3) is 0.182. The molecule has 15 heavy (non-hydrogen) atoms. The molecule has 0 aliphatic carbocycles. The Kier molecular flexibility index (Phi) is 2.58. The third kappa shape index (κ3) is 2.28. The first-order chi connectivity index (χ1) is 7.28. The van der Waals surface area contributed by atoms with Crippen LogP contribution in [0.3, 0.4) is 0 Å². The molecule has 0 spiro atoms. The van der Waals surface area contributed by atoms with Gasteiger partial charge in [-0.3, -0.25) is 0 Å². The molecule has 1 heterocycles. The van der Waals surface area contributed by atoms with Gasteiger partial charge in [-0.1, -0.05) is 36.9 Å². The lowest BCUT2D eigenvalue weighted by Crippen LogP contribution is -2.03. The van der Waals surface area contributed by atoms with Gasteiger partial charge in [-0.2, -0.15) is 4.80 Å². The molecule has 76 valence electrons. The zero-order valence-electron chi connectivity index (χ0n) is 8.59. The molecule has 0 aliphatic heterocycles. The largest absolute Gasteiger partial charge is 0.171 e. The summed E-state index contributed by atoms with van der Waals surface area (Å²) in [6.07, 6.45) is 1.82. The summed E-state index contributed by atoms with van der Waals surface area (Å²) in [7, 11) is 0.